The molecule has 0 spiro atoms. The molecule has 0 aliphatic rings. The Labute approximate surface area is 94.2 Å². The van der Waals surface area contributed by atoms with E-state index in [4.69, 9.17) is 0 Å². The minimum atomic E-state index is 0. The van der Waals surface area contributed by atoms with E-state index in [0.717, 1.165) is 0 Å². The summed E-state index contributed by atoms with van der Waals surface area (Å²) in [4.78, 5) is 0. The van der Waals surface area contributed by atoms with E-state index in [9.17, 15) is 0 Å². The molecule has 8 heavy (non-hydrogen) atoms. The number of benzene rings is 1. The van der Waals surface area contributed by atoms with Gasteiger partial charge in [-0.1, -0.05) is 35.9 Å². The molecule has 0 radical (unpaired) electrons. The molecule has 0 amide bonds. The van der Waals surface area contributed by atoms with Crippen LogP contribution in [0.5, 0.6) is 0 Å². The average Bonchev–Trinajstić information content (AvgIpc) is 1.69. The fourth-order valence-corrected chi connectivity index (χ4v) is 0.534. The van der Waals surface area contributed by atoms with E-state index >= 15 is 0 Å². The van der Waals surface area contributed by atoms with Crippen LogP contribution >= 0.6 is 0 Å². The molecule has 0 aromatic heterocycles. The van der Waals surface area contributed by atoms with Gasteiger partial charge in [-0.05, 0) is 6.92 Å². The van der Waals surface area contributed by atoms with E-state index < -0.39 is 0 Å². The molecule has 0 saturated carbocycles. The van der Waals surface area contributed by atoms with Crippen LogP contribution in [0.25, 0.3) is 0 Å². The summed E-state index contributed by atoms with van der Waals surface area (Å²) in [7, 11) is 0. The van der Waals surface area contributed by atoms with Crippen LogP contribution in [0, 0.1) is 6.92 Å². The van der Waals surface area contributed by atoms with Crippen LogP contribution in [-0.2, 0) is 0 Å². The normalized spacial score (nSPS) is 7.62. The molecule has 0 aliphatic heterocycles. The topological polar surface area (TPSA) is 0 Å². The molecule has 0 bridgehead atoms. The summed E-state index contributed by atoms with van der Waals surface area (Å²) in [6, 6.07) is 10.3. The first-order chi connectivity index (χ1) is 3.39. The first kappa shape index (κ1) is 8.86. The van der Waals surface area contributed by atoms with Crippen molar-refractivity contribution in [2.24, 2.45) is 0 Å². The number of rotatable bonds is 0. The Morgan fingerprint density at radius 3 is 1.88 bits per heavy atom. The predicted octanol–water partition coefficient (Wildman–Crippen LogP) is -0.888. The van der Waals surface area contributed by atoms with Gasteiger partial charge in [-0.25, -0.2) is 0 Å². The third-order valence-corrected chi connectivity index (χ3v) is 0.940. The first-order valence-corrected chi connectivity index (χ1v) is 2.41. The van der Waals surface area contributed by atoms with Gasteiger partial charge in [-0.3, -0.25) is 0 Å². The quantitative estimate of drug-likeness (QED) is 0.402. The minimum absolute atomic E-state index is 0. The standard InChI is InChI=1S/C7H8.K.H/c1-7-5-3-2-4-6-7;;/h2-6H,1H3;;/q;+1;-1. The van der Waals surface area contributed by atoms with Crippen LogP contribution in [0.4, 0.5) is 0 Å². The molecule has 1 aromatic rings. The zero-order valence-corrected chi connectivity index (χ0v) is 8.51. The second-order valence-electron chi connectivity index (χ2n) is 1.65. The molecular formula is C7H9K. The maximum Gasteiger partial charge on any atom is 1.00 e. The van der Waals surface area contributed by atoms with E-state index in [1.807, 2.05) is 18.2 Å². The Morgan fingerprint density at radius 2 is 1.62 bits per heavy atom. The van der Waals surface area contributed by atoms with Crippen LogP contribution in [0.15, 0.2) is 30.3 Å². The fraction of sp³-hybridized carbons (Fsp3) is 0.143. The molecule has 1 heteroatoms. The van der Waals surface area contributed by atoms with Crippen molar-refractivity contribution in [3.63, 3.8) is 0 Å². The third kappa shape index (κ3) is 3.00. The molecule has 1 aromatic carbocycles. The Kier molecular flexibility index (Phi) is 5.21. The molecule has 0 atom stereocenters. The smallest absolute Gasteiger partial charge is 1.00 e. The van der Waals surface area contributed by atoms with E-state index in [1.54, 1.807) is 0 Å². The monoisotopic (exact) mass is 132 g/mol. The Morgan fingerprint density at radius 1 is 1.12 bits per heavy atom. The summed E-state index contributed by atoms with van der Waals surface area (Å²) in [5.74, 6) is 0. The first-order valence-electron chi connectivity index (χ1n) is 2.41. The van der Waals surface area contributed by atoms with E-state index in [0.29, 0.717) is 0 Å². The van der Waals surface area contributed by atoms with E-state index in [1.165, 1.54) is 5.56 Å². The molecular weight excluding hydrogens is 123 g/mol. The van der Waals surface area contributed by atoms with Gasteiger partial charge < -0.3 is 1.43 Å². The molecule has 0 nitrogen and oxygen atoms in total. The maximum absolute atomic E-state index is 2.08. The minimum Gasteiger partial charge on any atom is -1.00 e. The molecule has 38 valence electrons. The second kappa shape index (κ2) is 4.71. The van der Waals surface area contributed by atoms with Gasteiger partial charge in [0, 0.05) is 0 Å². The predicted molar refractivity (Wildman–Crippen MR) is 32.3 cm³/mol. The number of aryl methyl sites for hydroxylation is 1. The average molecular weight is 132 g/mol. The van der Waals surface area contributed by atoms with Gasteiger partial charge in [-0.15, -0.1) is 0 Å². The summed E-state index contributed by atoms with van der Waals surface area (Å²) in [5, 5.41) is 0. The largest absolute Gasteiger partial charge is 1.00 e. The second-order valence-corrected chi connectivity index (χ2v) is 1.65. The van der Waals surface area contributed by atoms with Crippen molar-refractivity contribution >= 4 is 0 Å². The van der Waals surface area contributed by atoms with Gasteiger partial charge in [0.2, 0.25) is 0 Å². The van der Waals surface area contributed by atoms with Gasteiger partial charge in [0.05, 0.1) is 0 Å². The Balaban J connectivity index is 0. The zero-order chi connectivity index (χ0) is 5.11. The van der Waals surface area contributed by atoms with Crippen LogP contribution in [0.1, 0.15) is 6.99 Å². The van der Waals surface area contributed by atoms with Gasteiger partial charge in [0.15, 0.2) is 0 Å². The summed E-state index contributed by atoms with van der Waals surface area (Å²) in [5.41, 5.74) is 1.32. The molecule has 0 saturated heterocycles. The molecule has 0 fully saturated rings. The molecule has 0 aliphatic carbocycles. The fourth-order valence-electron chi connectivity index (χ4n) is 0.534. The molecule has 1 rings (SSSR count). The van der Waals surface area contributed by atoms with Crippen molar-refractivity contribution in [3.05, 3.63) is 35.9 Å². The van der Waals surface area contributed by atoms with E-state index in [2.05, 4.69) is 19.1 Å². The van der Waals surface area contributed by atoms with Crippen LogP contribution in [0.2, 0.25) is 0 Å². The van der Waals surface area contributed by atoms with Crippen molar-refractivity contribution < 1.29 is 52.8 Å². The van der Waals surface area contributed by atoms with Crippen molar-refractivity contribution in [2.75, 3.05) is 0 Å². The van der Waals surface area contributed by atoms with Crippen molar-refractivity contribution in [3.8, 4) is 0 Å². The summed E-state index contributed by atoms with van der Waals surface area (Å²) in [6.45, 7) is 2.08. The van der Waals surface area contributed by atoms with E-state index in [-0.39, 0.29) is 52.8 Å². The van der Waals surface area contributed by atoms with Crippen molar-refractivity contribution in [2.45, 2.75) is 6.92 Å². The summed E-state index contributed by atoms with van der Waals surface area (Å²) < 4.78 is 0. The van der Waals surface area contributed by atoms with Gasteiger partial charge in [-0.2, -0.15) is 0 Å². The van der Waals surface area contributed by atoms with Crippen molar-refractivity contribution in [1.82, 2.24) is 0 Å². The van der Waals surface area contributed by atoms with Crippen LogP contribution in [0.3, 0.4) is 0 Å². The van der Waals surface area contributed by atoms with Crippen LogP contribution in [-0.4, -0.2) is 0 Å². The molecule has 0 N–H and O–H groups in total. The molecule has 0 heterocycles. The zero-order valence-electron chi connectivity index (χ0n) is 6.39. The number of hydrogen-bond acceptors (Lipinski definition) is 0. The van der Waals surface area contributed by atoms with Gasteiger partial charge in [0.1, 0.15) is 0 Å². The summed E-state index contributed by atoms with van der Waals surface area (Å²) >= 11 is 0. The molecule has 0 unspecified atom stereocenters. The van der Waals surface area contributed by atoms with Gasteiger partial charge >= 0.3 is 51.4 Å². The van der Waals surface area contributed by atoms with Gasteiger partial charge in [0.25, 0.3) is 0 Å². The third-order valence-electron chi connectivity index (χ3n) is 0.940. The Bertz CT molecular complexity index is 139. The Hall–Kier alpha value is 0.856. The SMILES string of the molecule is Cc1ccccc1.[H-].[K+]. The maximum atomic E-state index is 2.08. The van der Waals surface area contributed by atoms with Crippen molar-refractivity contribution in [1.29, 1.82) is 0 Å². The van der Waals surface area contributed by atoms with Crippen LogP contribution < -0.4 is 51.4 Å². The summed E-state index contributed by atoms with van der Waals surface area (Å²) in [6.07, 6.45) is 0. The number of hydrogen-bond donors (Lipinski definition) is 0.